The molecule has 1 aliphatic rings. The third-order valence-electron chi connectivity index (χ3n) is 4.06. The van der Waals surface area contributed by atoms with E-state index in [0.717, 1.165) is 44.0 Å². The number of methoxy groups -OCH3 is 1. The normalized spacial score (nSPS) is 16.6. The second-order valence-electron chi connectivity index (χ2n) is 5.79. The molecule has 1 aliphatic heterocycles. The van der Waals surface area contributed by atoms with Crippen LogP contribution in [-0.4, -0.2) is 41.0 Å². The molecule has 5 heteroatoms. The standard InChI is InChI=1S/C17H23N3O2/c1-19-12-14(11-18-19)13-20-9-7-17(8-10-20)22-16-5-3-15(21-2)4-6-16/h3-6,11-12,17H,7-10,13H2,1-2H3. The summed E-state index contributed by atoms with van der Waals surface area (Å²) in [5.41, 5.74) is 1.28. The number of hydrogen-bond acceptors (Lipinski definition) is 4. The summed E-state index contributed by atoms with van der Waals surface area (Å²) in [5.74, 6) is 1.78. The van der Waals surface area contributed by atoms with Crippen LogP contribution in [0.1, 0.15) is 18.4 Å². The lowest BCUT2D eigenvalue weighted by atomic mass is 10.1. The Bertz CT molecular complexity index is 586. The summed E-state index contributed by atoms with van der Waals surface area (Å²) in [4.78, 5) is 2.46. The van der Waals surface area contributed by atoms with Crippen molar-refractivity contribution in [2.75, 3.05) is 20.2 Å². The topological polar surface area (TPSA) is 39.5 Å². The van der Waals surface area contributed by atoms with Gasteiger partial charge in [0.1, 0.15) is 17.6 Å². The average Bonchev–Trinajstić information content (AvgIpc) is 2.95. The number of hydrogen-bond donors (Lipinski definition) is 0. The Morgan fingerprint density at radius 1 is 1.14 bits per heavy atom. The van der Waals surface area contributed by atoms with Crippen LogP contribution in [0.15, 0.2) is 36.7 Å². The van der Waals surface area contributed by atoms with E-state index in [4.69, 9.17) is 9.47 Å². The van der Waals surface area contributed by atoms with E-state index in [1.807, 2.05) is 42.2 Å². The molecule has 1 saturated heterocycles. The van der Waals surface area contributed by atoms with Crippen LogP contribution in [0.4, 0.5) is 0 Å². The molecule has 5 nitrogen and oxygen atoms in total. The zero-order valence-electron chi connectivity index (χ0n) is 13.2. The molecule has 118 valence electrons. The molecule has 0 aliphatic carbocycles. The second-order valence-corrected chi connectivity index (χ2v) is 5.79. The van der Waals surface area contributed by atoms with Crippen LogP contribution in [0, 0.1) is 0 Å². The largest absolute Gasteiger partial charge is 0.497 e. The third kappa shape index (κ3) is 3.80. The molecule has 22 heavy (non-hydrogen) atoms. The van der Waals surface area contributed by atoms with Gasteiger partial charge >= 0.3 is 0 Å². The van der Waals surface area contributed by atoms with E-state index in [9.17, 15) is 0 Å². The average molecular weight is 301 g/mol. The SMILES string of the molecule is COc1ccc(OC2CCN(Cc3cnn(C)c3)CC2)cc1. The van der Waals surface area contributed by atoms with Gasteiger partial charge in [-0.2, -0.15) is 5.10 Å². The molecule has 0 saturated carbocycles. The molecule has 1 fully saturated rings. The number of ether oxygens (including phenoxy) is 2. The van der Waals surface area contributed by atoms with Gasteiger partial charge < -0.3 is 9.47 Å². The predicted octanol–water partition coefficient (Wildman–Crippen LogP) is 2.47. The molecule has 3 rings (SSSR count). The van der Waals surface area contributed by atoms with Crippen molar-refractivity contribution >= 4 is 0 Å². The van der Waals surface area contributed by atoms with Gasteiger partial charge in [0.2, 0.25) is 0 Å². The van der Waals surface area contributed by atoms with Gasteiger partial charge in [0.05, 0.1) is 13.3 Å². The van der Waals surface area contributed by atoms with Crippen molar-refractivity contribution in [2.45, 2.75) is 25.5 Å². The summed E-state index contributed by atoms with van der Waals surface area (Å²) in [6.07, 6.45) is 6.46. The molecule has 0 radical (unpaired) electrons. The van der Waals surface area contributed by atoms with Crippen molar-refractivity contribution < 1.29 is 9.47 Å². The third-order valence-corrected chi connectivity index (χ3v) is 4.06. The molecule has 2 aromatic rings. The van der Waals surface area contributed by atoms with Crippen LogP contribution in [0.5, 0.6) is 11.5 Å². The Labute approximate surface area is 131 Å². The first-order valence-electron chi connectivity index (χ1n) is 7.73. The molecule has 1 aromatic heterocycles. The van der Waals surface area contributed by atoms with Crippen molar-refractivity contribution in [3.05, 3.63) is 42.2 Å². The number of piperidine rings is 1. The maximum Gasteiger partial charge on any atom is 0.119 e. The van der Waals surface area contributed by atoms with Crippen molar-refractivity contribution in [3.63, 3.8) is 0 Å². The molecule has 0 bridgehead atoms. The molecule has 2 heterocycles. The van der Waals surface area contributed by atoms with Crippen molar-refractivity contribution in [1.29, 1.82) is 0 Å². The first-order valence-corrected chi connectivity index (χ1v) is 7.73. The Kier molecular flexibility index (Phi) is 4.63. The van der Waals surface area contributed by atoms with Crippen LogP contribution < -0.4 is 9.47 Å². The monoisotopic (exact) mass is 301 g/mol. The Morgan fingerprint density at radius 3 is 2.41 bits per heavy atom. The summed E-state index contributed by atoms with van der Waals surface area (Å²) >= 11 is 0. The van der Waals surface area contributed by atoms with Gasteiger partial charge in [0, 0.05) is 38.4 Å². The summed E-state index contributed by atoms with van der Waals surface area (Å²) in [7, 11) is 3.63. The minimum atomic E-state index is 0.304. The molecule has 0 spiro atoms. The highest BCUT2D eigenvalue weighted by molar-refractivity contribution is 5.31. The maximum absolute atomic E-state index is 6.06. The minimum Gasteiger partial charge on any atom is -0.497 e. The van der Waals surface area contributed by atoms with Gasteiger partial charge in [0.25, 0.3) is 0 Å². The highest BCUT2D eigenvalue weighted by Gasteiger charge is 2.20. The highest BCUT2D eigenvalue weighted by atomic mass is 16.5. The van der Waals surface area contributed by atoms with E-state index >= 15 is 0 Å². The summed E-state index contributed by atoms with van der Waals surface area (Å²) < 4.78 is 13.1. The first-order chi connectivity index (χ1) is 10.7. The van der Waals surface area contributed by atoms with Gasteiger partial charge in [0.15, 0.2) is 0 Å². The number of likely N-dealkylation sites (tertiary alicyclic amines) is 1. The fraction of sp³-hybridized carbons (Fsp3) is 0.471. The van der Waals surface area contributed by atoms with Crippen molar-refractivity contribution in [2.24, 2.45) is 7.05 Å². The van der Waals surface area contributed by atoms with Crippen molar-refractivity contribution in [3.8, 4) is 11.5 Å². The van der Waals surface area contributed by atoms with E-state index in [1.54, 1.807) is 7.11 Å². The zero-order chi connectivity index (χ0) is 15.4. The van der Waals surface area contributed by atoms with E-state index < -0.39 is 0 Å². The minimum absolute atomic E-state index is 0.304. The lowest BCUT2D eigenvalue weighted by Crippen LogP contribution is -2.37. The summed E-state index contributed by atoms with van der Waals surface area (Å²) in [5, 5.41) is 4.22. The predicted molar refractivity (Wildman–Crippen MR) is 85.1 cm³/mol. The summed E-state index contributed by atoms with van der Waals surface area (Å²) in [6, 6.07) is 7.82. The fourth-order valence-electron chi connectivity index (χ4n) is 2.84. The van der Waals surface area contributed by atoms with E-state index in [2.05, 4.69) is 16.2 Å². The van der Waals surface area contributed by atoms with Gasteiger partial charge in [-0.25, -0.2) is 0 Å². The Balaban J connectivity index is 1.46. The van der Waals surface area contributed by atoms with Crippen LogP contribution >= 0.6 is 0 Å². The zero-order valence-corrected chi connectivity index (χ0v) is 13.2. The molecular weight excluding hydrogens is 278 g/mol. The first kappa shape index (κ1) is 14.9. The number of aromatic nitrogens is 2. The van der Waals surface area contributed by atoms with E-state index in [1.165, 1.54) is 5.56 Å². The van der Waals surface area contributed by atoms with Gasteiger partial charge in [-0.3, -0.25) is 9.58 Å². The fourth-order valence-corrected chi connectivity index (χ4v) is 2.84. The number of benzene rings is 1. The quantitative estimate of drug-likeness (QED) is 0.850. The lowest BCUT2D eigenvalue weighted by Gasteiger charge is -2.31. The van der Waals surface area contributed by atoms with Crippen molar-refractivity contribution in [1.82, 2.24) is 14.7 Å². The molecule has 0 amide bonds. The Morgan fingerprint density at radius 2 is 1.82 bits per heavy atom. The maximum atomic E-state index is 6.06. The van der Waals surface area contributed by atoms with E-state index in [0.29, 0.717) is 6.10 Å². The number of rotatable bonds is 5. The second kappa shape index (κ2) is 6.83. The molecular formula is C17H23N3O2. The molecule has 0 atom stereocenters. The van der Waals surface area contributed by atoms with Crippen LogP contribution in [0.3, 0.4) is 0 Å². The van der Waals surface area contributed by atoms with Gasteiger partial charge in [-0.1, -0.05) is 0 Å². The van der Waals surface area contributed by atoms with E-state index in [-0.39, 0.29) is 0 Å². The lowest BCUT2D eigenvalue weighted by molar-refractivity contribution is 0.0967. The van der Waals surface area contributed by atoms with Gasteiger partial charge in [-0.15, -0.1) is 0 Å². The highest BCUT2D eigenvalue weighted by Crippen LogP contribution is 2.22. The van der Waals surface area contributed by atoms with Crippen LogP contribution in [0.2, 0.25) is 0 Å². The van der Waals surface area contributed by atoms with Crippen LogP contribution in [0.25, 0.3) is 0 Å². The van der Waals surface area contributed by atoms with Crippen LogP contribution in [-0.2, 0) is 13.6 Å². The van der Waals surface area contributed by atoms with Gasteiger partial charge in [-0.05, 0) is 37.1 Å². The molecule has 0 N–H and O–H groups in total. The Hall–Kier alpha value is -2.01. The smallest absolute Gasteiger partial charge is 0.119 e. The molecule has 0 unspecified atom stereocenters. The molecule has 1 aromatic carbocycles. The summed E-state index contributed by atoms with van der Waals surface area (Å²) in [6.45, 7) is 3.11. The number of nitrogens with zero attached hydrogens (tertiary/aromatic N) is 3. The number of aryl methyl sites for hydroxylation is 1.